The Labute approximate surface area is 208 Å². The second kappa shape index (κ2) is 14.9. The third-order valence-corrected chi connectivity index (χ3v) is 5.72. The lowest BCUT2D eigenvalue weighted by Gasteiger charge is -2.12. The molecule has 0 aliphatic carbocycles. The van der Waals surface area contributed by atoms with Crippen LogP contribution < -0.4 is 9.47 Å². The Morgan fingerprint density at radius 3 is 2.00 bits per heavy atom. The van der Waals surface area contributed by atoms with Crippen molar-refractivity contribution in [2.75, 3.05) is 6.61 Å². The predicted molar refractivity (Wildman–Crippen MR) is 136 cm³/mol. The molecule has 2 aromatic rings. The molecule has 6 heteroatoms. The summed E-state index contributed by atoms with van der Waals surface area (Å²) >= 11 is 0. The quantitative estimate of drug-likeness (QED) is 0.0942. The second-order valence-corrected chi connectivity index (χ2v) is 8.54. The van der Waals surface area contributed by atoms with Gasteiger partial charge in [0.15, 0.2) is 11.9 Å². The fraction of sp³-hybridized carbons (Fsp3) is 0.414. The van der Waals surface area contributed by atoms with E-state index in [4.69, 9.17) is 14.2 Å². The van der Waals surface area contributed by atoms with Gasteiger partial charge in [-0.1, -0.05) is 32.8 Å². The molecule has 0 heterocycles. The van der Waals surface area contributed by atoms with Crippen LogP contribution in [0.5, 0.6) is 11.5 Å². The van der Waals surface area contributed by atoms with Crippen molar-refractivity contribution >= 4 is 17.7 Å². The highest BCUT2D eigenvalue weighted by atomic mass is 16.6. The number of hydrogen-bond donors (Lipinski definition) is 0. The summed E-state index contributed by atoms with van der Waals surface area (Å²) in [6, 6.07) is 12.7. The van der Waals surface area contributed by atoms with Gasteiger partial charge in [0.05, 0.1) is 5.56 Å². The number of carbonyl (C=O) groups is 3. The van der Waals surface area contributed by atoms with Crippen molar-refractivity contribution in [3.8, 4) is 11.5 Å². The molecule has 6 nitrogen and oxygen atoms in total. The topological polar surface area (TPSA) is 78.9 Å². The maximum absolute atomic E-state index is 12.4. The van der Waals surface area contributed by atoms with Crippen LogP contribution in [0.4, 0.5) is 0 Å². The maximum atomic E-state index is 12.4. The summed E-state index contributed by atoms with van der Waals surface area (Å²) in [6.45, 7) is 9.72. The van der Waals surface area contributed by atoms with Crippen LogP contribution in [0.25, 0.3) is 0 Å². The first-order valence-electron chi connectivity index (χ1n) is 12.3. The molecule has 0 spiro atoms. The average molecular weight is 481 g/mol. The number of esters is 2. The molecule has 0 N–H and O–H groups in total. The largest absolute Gasteiger partial charge is 0.425 e. The molecule has 0 aromatic heterocycles. The van der Waals surface area contributed by atoms with Gasteiger partial charge in [-0.2, -0.15) is 0 Å². The van der Waals surface area contributed by atoms with Crippen LogP contribution in [0.15, 0.2) is 61.2 Å². The van der Waals surface area contributed by atoms with Crippen molar-refractivity contribution in [2.24, 2.45) is 5.92 Å². The molecule has 188 valence electrons. The highest BCUT2D eigenvalue weighted by Gasteiger charge is 2.17. The molecule has 0 radical (unpaired) electrons. The normalized spacial score (nSPS) is 12.4. The Hall–Kier alpha value is -3.25. The van der Waals surface area contributed by atoms with E-state index >= 15 is 0 Å². The summed E-state index contributed by atoms with van der Waals surface area (Å²) in [6.07, 6.45) is 7.21. The van der Waals surface area contributed by atoms with E-state index in [-0.39, 0.29) is 11.7 Å². The number of ketones is 1. The number of ether oxygens (including phenoxy) is 3. The SMILES string of the molecule is C=CCCCCCCO[C@H](C)C(=O)Oc1ccc(C(=O)Oc2ccc(C(=O)[C@@H](C)CC)cc2)cc1. The summed E-state index contributed by atoms with van der Waals surface area (Å²) in [5, 5.41) is 0. The third-order valence-electron chi connectivity index (χ3n) is 5.72. The number of Topliss-reactive ketones (excluding diaryl/α,β-unsaturated/α-hetero) is 1. The summed E-state index contributed by atoms with van der Waals surface area (Å²) in [5.74, 6) is -0.359. The Balaban J connectivity index is 1.80. The minimum Gasteiger partial charge on any atom is -0.425 e. The van der Waals surface area contributed by atoms with Gasteiger partial charge < -0.3 is 14.2 Å². The van der Waals surface area contributed by atoms with Crippen LogP contribution >= 0.6 is 0 Å². The van der Waals surface area contributed by atoms with Crippen molar-refractivity contribution in [3.63, 3.8) is 0 Å². The fourth-order valence-corrected chi connectivity index (χ4v) is 3.25. The van der Waals surface area contributed by atoms with Crippen molar-refractivity contribution in [1.29, 1.82) is 0 Å². The zero-order valence-corrected chi connectivity index (χ0v) is 21.0. The van der Waals surface area contributed by atoms with Gasteiger partial charge in [-0.05, 0) is 81.1 Å². The summed E-state index contributed by atoms with van der Waals surface area (Å²) in [7, 11) is 0. The van der Waals surface area contributed by atoms with Gasteiger partial charge in [-0.3, -0.25) is 4.79 Å². The standard InChI is InChI=1S/C29H36O6/c1-5-7-8-9-10-11-20-33-22(4)28(31)34-25-18-14-24(15-19-25)29(32)35-26-16-12-23(13-17-26)27(30)21(3)6-2/h5,12-19,21-22H,1,6-11,20H2,2-4H3/t21-,22+/m0/s1. The van der Waals surface area contributed by atoms with Gasteiger partial charge in [0.1, 0.15) is 11.5 Å². The predicted octanol–water partition coefficient (Wildman–Crippen LogP) is 6.58. The molecule has 0 aliphatic rings. The van der Waals surface area contributed by atoms with E-state index in [1.807, 2.05) is 19.9 Å². The molecule has 0 unspecified atom stereocenters. The van der Waals surface area contributed by atoms with Gasteiger partial charge in [0, 0.05) is 18.1 Å². The highest BCUT2D eigenvalue weighted by Crippen LogP contribution is 2.19. The molecule has 0 bridgehead atoms. The van der Waals surface area contributed by atoms with E-state index in [0.29, 0.717) is 29.2 Å². The molecule has 0 saturated heterocycles. The van der Waals surface area contributed by atoms with Crippen LogP contribution in [-0.4, -0.2) is 30.4 Å². The van der Waals surface area contributed by atoms with Crippen LogP contribution in [-0.2, 0) is 9.53 Å². The lowest BCUT2D eigenvalue weighted by Crippen LogP contribution is -2.26. The van der Waals surface area contributed by atoms with E-state index in [1.54, 1.807) is 31.2 Å². The molecule has 2 rings (SSSR count). The number of unbranched alkanes of at least 4 members (excludes halogenated alkanes) is 4. The summed E-state index contributed by atoms with van der Waals surface area (Å²) < 4.78 is 16.3. The first-order valence-corrected chi connectivity index (χ1v) is 12.3. The molecule has 2 aromatic carbocycles. The molecule has 2 atom stereocenters. The number of hydrogen-bond acceptors (Lipinski definition) is 6. The fourth-order valence-electron chi connectivity index (χ4n) is 3.25. The first-order chi connectivity index (χ1) is 16.8. The van der Waals surface area contributed by atoms with E-state index in [9.17, 15) is 14.4 Å². The maximum Gasteiger partial charge on any atom is 0.343 e. The van der Waals surface area contributed by atoms with Gasteiger partial charge in [0.2, 0.25) is 0 Å². The minimum absolute atomic E-state index is 0.0528. The van der Waals surface area contributed by atoms with Gasteiger partial charge in [-0.15, -0.1) is 6.58 Å². The summed E-state index contributed by atoms with van der Waals surface area (Å²) in [4.78, 5) is 36.9. The number of carbonyl (C=O) groups excluding carboxylic acids is 3. The molecule has 0 fully saturated rings. The Morgan fingerprint density at radius 2 is 1.40 bits per heavy atom. The molecule has 0 saturated carbocycles. The smallest absolute Gasteiger partial charge is 0.343 e. The zero-order chi connectivity index (χ0) is 25.6. The Morgan fingerprint density at radius 1 is 0.829 bits per heavy atom. The van der Waals surface area contributed by atoms with Crippen molar-refractivity contribution in [3.05, 3.63) is 72.3 Å². The molecule has 0 amide bonds. The van der Waals surface area contributed by atoms with Crippen LogP contribution in [0.1, 0.15) is 80.0 Å². The lowest BCUT2D eigenvalue weighted by molar-refractivity contribution is -0.146. The van der Waals surface area contributed by atoms with Crippen molar-refractivity contribution in [1.82, 2.24) is 0 Å². The lowest BCUT2D eigenvalue weighted by atomic mass is 9.97. The summed E-state index contributed by atoms with van der Waals surface area (Å²) in [5.41, 5.74) is 0.900. The monoisotopic (exact) mass is 480 g/mol. The average Bonchev–Trinajstić information content (AvgIpc) is 2.87. The number of allylic oxidation sites excluding steroid dienone is 1. The molecule has 0 aliphatic heterocycles. The van der Waals surface area contributed by atoms with E-state index in [1.165, 1.54) is 24.3 Å². The number of benzene rings is 2. The second-order valence-electron chi connectivity index (χ2n) is 8.54. The molecular weight excluding hydrogens is 444 g/mol. The van der Waals surface area contributed by atoms with Crippen molar-refractivity contribution in [2.45, 2.75) is 65.4 Å². The van der Waals surface area contributed by atoms with Crippen LogP contribution in [0, 0.1) is 5.92 Å². The number of rotatable bonds is 15. The molecular formula is C29H36O6. The van der Waals surface area contributed by atoms with Gasteiger partial charge in [-0.25, -0.2) is 9.59 Å². The Kier molecular flexibility index (Phi) is 11.9. The highest BCUT2D eigenvalue weighted by molar-refractivity contribution is 5.98. The van der Waals surface area contributed by atoms with Gasteiger partial charge in [0.25, 0.3) is 0 Å². The van der Waals surface area contributed by atoms with Crippen LogP contribution in [0.2, 0.25) is 0 Å². The molecule has 35 heavy (non-hydrogen) atoms. The first kappa shape index (κ1) is 28.0. The van der Waals surface area contributed by atoms with E-state index in [2.05, 4.69) is 6.58 Å². The Bertz CT molecular complexity index is 962. The third kappa shape index (κ3) is 9.49. The van der Waals surface area contributed by atoms with E-state index in [0.717, 1.165) is 38.5 Å². The van der Waals surface area contributed by atoms with Crippen LogP contribution in [0.3, 0.4) is 0 Å². The van der Waals surface area contributed by atoms with Crippen molar-refractivity contribution < 1.29 is 28.6 Å². The zero-order valence-electron chi connectivity index (χ0n) is 21.0. The minimum atomic E-state index is -0.678. The van der Waals surface area contributed by atoms with E-state index < -0.39 is 18.0 Å². The van der Waals surface area contributed by atoms with Gasteiger partial charge >= 0.3 is 11.9 Å².